The molecule has 0 fully saturated rings. The van der Waals surface area contributed by atoms with Gasteiger partial charge in [0.2, 0.25) is 0 Å². The maximum atomic E-state index is 13.2. The minimum atomic E-state index is -1.16. The molecule has 0 spiro atoms. The number of benzene rings is 2. The van der Waals surface area contributed by atoms with Crippen LogP contribution in [0.4, 0.5) is 8.78 Å². The van der Waals surface area contributed by atoms with Gasteiger partial charge in [0, 0.05) is 7.11 Å². The second kappa shape index (κ2) is 7.61. The van der Waals surface area contributed by atoms with E-state index in [1.165, 1.54) is 31.4 Å². The minimum Gasteiger partial charge on any atom is -0.359 e. The molecule has 0 aliphatic heterocycles. The summed E-state index contributed by atoms with van der Waals surface area (Å²) in [5.41, 5.74) is 12.9. The first-order valence-electron chi connectivity index (χ1n) is 7.11. The fraction of sp³-hybridized carbons (Fsp3) is 0.294. The highest BCUT2D eigenvalue weighted by Gasteiger charge is 2.36. The van der Waals surface area contributed by atoms with E-state index in [9.17, 15) is 8.78 Å². The standard InChI is InChI=1S/C17H20F2N2O2/c1-22-11-23-10-16(20)17(21,12-2-6-14(18)7-3-12)13-4-8-15(19)9-5-13/h2-9,16H,10-11,20-21H2,1H3. The first kappa shape index (κ1) is 17.5. The van der Waals surface area contributed by atoms with E-state index in [4.69, 9.17) is 20.9 Å². The van der Waals surface area contributed by atoms with Crippen LogP contribution in [0, 0.1) is 11.6 Å². The summed E-state index contributed by atoms with van der Waals surface area (Å²) >= 11 is 0. The Hall–Kier alpha value is -1.86. The molecule has 2 aromatic rings. The molecule has 0 saturated carbocycles. The van der Waals surface area contributed by atoms with Crippen LogP contribution < -0.4 is 11.5 Å². The Morgan fingerprint density at radius 1 is 0.957 bits per heavy atom. The first-order chi connectivity index (χ1) is 11.0. The number of methoxy groups -OCH3 is 1. The molecule has 1 unspecified atom stereocenters. The van der Waals surface area contributed by atoms with E-state index < -0.39 is 11.6 Å². The van der Waals surface area contributed by atoms with E-state index in [1.54, 1.807) is 24.3 Å². The van der Waals surface area contributed by atoms with Crippen LogP contribution >= 0.6 is 0 Å². The zero-order chi connectivity index (χ0) is 16.9. The van der Waals surface area contributed by atoms with Gasteiger partial charge in [0.15, 0.2) is 0 Å². The highest BCUT2D eigenvalue weighted by molar-refractivity contribution is 5.40. The topological polar surface area (TPSA) is 70.5 Å². The third-order valence-corrected chi connectivity index (χ3v) is 3.73. The highest BCUT2D eigenvalue weighted by Crippen LogP contribution is 2.30. The van der Waals surface area contributed by atoms with Crippen molar-refractivity contribution in [2.24, 2.45) is 11.5 Å². The summed E-state index contributed by atoms with van der Waals surface area (Å²) in [6, 6.07) is 10.8. The Labute approximate surface area is 134 Å². The summed E-state index contributed by atoms with van der Waals surface area (Å²) in [5, 5.41) is 0. The van der Waals surface area contributed by atoms with Crippen LogP contribution in [-0.2, 0) is 15.0 Å². The predicted octanol–water partition coefficient (Wildman–Crippen LogP) is 2.11. The third-order valence-electron chi connectivity index (χ3n) is 3.73. The Balaban J connectivity index is 2.40. The molecule has 2 aromatic carbocycles. The summed E-state index contributed by atoms with van der Waals surface area (Å²) in [6.07, 6.45) is 0. The van der Waals surface area contributed by atoms with Gasteiger partial charge in [0.25, 0.3) is 0 Å². The second-order valence-electron chi connectivity index (χ2n) is 5.27. The number of nitrogens with two attached hydrogens (primary N) is 2. The lowest BCUT2D eigenvalue weighted by Crippen LogP contribution is -2.55. The van der Waals surface area contributed by atoms with Crippen LogP contribution in [-0.4, -0.2) is 26.6 Å². The Bertz CT molecular complexity index is 572. The van der Waals surface area contributed by atoms with Crippen molar-refractivity contribution in [3.8, 4) is 0 Å². The van der Waals surface area contributed by atoms with E-state index in [0.717, 1.165) is 0 Å². The van der Waals surface area contributed by atoms with Crippen molar-refractivity contribution in [3.63, 3.8) is 0 Å². The van der Waals surface area contributed by atoms with Gasteiger partial charge in [-0.05, 0) is 35.4 Å². The highest BCUT2D eigenvalue weighted by atomic mass is 19.1. The van der Waals surface area contributed by atoms with Crippen molar-refractivity contribution < 1.29 is 18.3 Å². The van der Waals surface area contributed by atoms with Crippen LogP contribution in [0.15, 0.2) is 48.5 Å². The molecule has 1 atom stereocenters. The van der Waals surface area contributed by atoms with Gasteiger partial charge < -0.3 is 20.9 Å². The van der Waals surface area contributed by atoms with Crippen molar-refractivity contribution in [1.82, 2.24) is 0 Å². The normalized spacial score (nSPS) is 13.1. The quantitative estimate of drug-likeness (QED) is 0.605. The summed E-state index contributed by atoms with van der Waals surface area (Å²) < 4.78 is 36.6. The average molecular weight is 322 g/mol. The molecule has 4 nitrogen and oxygen atoms in total. The van der Waals surface area contributed by atoms with Gasteiger partial charge in [0.1, 0.15) is 18.4 Å². The van der Waals surface area contributed by atoms with E-state index in [-0.39, 0.29) is 25.0 Å². The van der Waals surface area contributed by atoms with Crippen LogP contribution in [0.5, 0.6) is 0 Å². The summed E-state index contributed by atoms with van der Waals surface area (Å²) in [7, 11) is 1.50. The molecule has 2 rings (SSSR count). The van der Waals surface area contributed by atoms with Gasteiger partial charge in [-0.3, -0.25) is 0 Å². The smallest absolute Gasteiger partial charge is 0.146 e. The number of halogens is 2. The van der Waals surface area contributed by atoms with Crippen LogP contribution in [0.2, 0.25) is 0 Å². The van der Waals surface area contributed by atoms with Gasteiger partial charge in [-0.2, -0.15) is 0 Å². The van der Waals surface area contributed by atoms with Crippen molar-refractivity contribution in [2.75, 3.05) is 20.5 Å². The van der Waals surface area contributed by atoms with Crippen molar-refractivity contribution in [1.29, 1.82) is 0 Å². The minimum absolute atomic E-state index is 0.0800. The van der Waals surface area contributed by atoms with E-state index >= 15 is 0 Å². The molecular formula is C17H20F2N2O2. The second-order valence-corrected chi connectivity index (χ2v) is 5.27. The molecular weight excluding hydrogens is 302 g/mol. The van der Waals surface area contributed by atoms with Crippen LogP contribution in [0.1, 0.15) is 11.1 Å². The largest absolute Gasteiger partial charge is 0.359 e. The van der Waals surface area contributed by atoms with Gasteiger partial charge in [0.05, 0.1) is 18.2 Å². The number of rotatable bonds is 7. The number of ether oxygens (including phenoxy) is 2. The summed E-state index contributed by atoms with van der Waals surface area (Å²) in [6.45, 7) is 0.204. The van der Waals surface area contributed by atoms with Crippen LogP contribution in [0.3, 0.4) is 0 Å². The lowest BCUT2D eigenvalue weighted by atomic mass is 9.78. The molecule has 0 radical (unpaired) electrons. The van der Waals surface area contributed by atoms with Gasteiger partial charge in [-0.25, -0.2) is 8.78 Å². The molecule has 0 aliphatic carbocycles. The van der Waals surface area contributed by atoms with Crippen molar-refractivity contribution in [2.45, 2.75) is 11.6 Å². The number of hydrogen-bond acceptors (Lipinski definition) is 4. The van der Waals surface area contributed by atoms with Gasteiger partial charge >= 0.3 is 0 Å². The molecule has 6 heteroatoms. The zero-order valence-corrected chi connectivity index (χ0v) is 12.8. The van der Waals surface area contributed by atoms with E-state index in [0.29, 0.717) is 11.1 Å². The summed E-state index contributed by atoms with van der Waals surface area (Å²) in [5.74, 6) is -0.751. The lowest BCUT2D eigenvalue weighted by molar-refractivity contribution is -0.0396. The molecule has 0 aromatic heterocycles. The van der Waals surface area contributed by atoms with Crippen molar-refractivity contribution >= 4 is 0 Å². The van der Waals surface area contributed by atoms with Gasteiger partial charge in [-0.15, -0.1) is 0 Å². The molecule has 0 amide bonds. The average Bonchev–Trinajstić information content (AvgIpc) is 2.55. The van der Waals surface area contributed by atoms with Crippen LogP contribution in [0.25, 0.3) is 0 Å². The van der Waals surface area contributed by atoms with Gasteiger partial charge in [-0.1, -0.05) is 24.3 Å². The molecule has 0 saturated heterocycles. The molecule has 124 valence electrons. The van der Waals surface area contributed by atoms with E-state index in [2.05, 4.69) is 0 Å². The molecule has 23 heavy (non-hydrogen) atoms. The first-order valence-corrected chi connectivity index (χ1v) is 7.11. The SMILES string of the molecule is COCOCC(N)C(N)(c1ccc(F)cc1)c1ccc(F)cc1. The maximum absolute atomic E-state index is 13.2. The zero-order valence-electron chi connectivity index (χ0n) is 12.8. The third kappa shape index (κ3) is 3.92. The summed E-state index contributed by atoms with van der Waals surface area (Å²) in [4.78, 5) is 0. The van der Waals surface area contributed by atoms with Crippen molar-refractivity contribution in [3.05, 3.63) is 71.3 Å². The predicted molar refractivity (Wildman–Crippen MR) is 83.6 cm³/mol. The Kier molecular flexibility index (Phi) is 5.79. The fourth-order valence-electron chi connectivity index (χ4n) is 2.44. The molecule has 0 aliphatic rings. The maximum Gasteiger partial charge on any atom is 0.146 e. The van der Waals surface area contributed by atoms with E-state index in [1.807, 2.05) is 0 Å². The lowest BCUT2D eigenvalue weighted by Gasteiger charge is -2.36. The fourth-order valence-corrected chi connectivity index (χ4v) is 2.44. The Morgan fingerprint density at radius 2 is 1.39 bits per heavy atom. The molecule has 0 bridgehead atoms. The monoisotopic (exact) mass is 322 g/mol. The number of hydrogen-bond donors (Lipinski definition) is 2. The molecule has 0 heterocycles. The molecule has 4 N–H and O–H groups in total. The Morgan fingerprint density at radius 3 is 1.78 bits per heavy atom.